The maximum Gasteiger partial charge on any atom is 0.321 e. The second-order valence-electron chi connectivity index (χ2n) is 6.10. The van der Waals surface area contributed by atoms with E-state index in [0.717, 1.165) is 0 Å². The summed E-state index contributed by atoms with van der Waals surface area (Å²) < 4.78 is 1.27. The molecule has 2 heterocycles. The molecule has 1 unspecified atom stereocenters. The largest absolute Gasteiger partial charge is 0.504 e. The van der Waals surface area contributed by atoms with Gasteiger partial charge >= 0.3 is 18.3 Å². The van der Waals surface area contributed by atoms with Gasteiger partial charge in [-0.2, -0.15) is 0 Å². The molecule has 10 nitrogen and oxygen atoms in total. The van der Waals surface area contributed by atoms with E-state index in [1.807, 2.05) is 0 Å². The number of amides is 1. The average molecular weight is 455 g/mol. The van der Waals surface area contributed by atoms with Crippen LogP contribution in [-0.2, 0) is 22.1 Å². The van der Waals surface area contributed by atoms with Gasteiger partial charge in [0.05, 0.1) is 0 Å². The number of nitrogens with two attached hydrogens (primary N) is 1. The summed E-state index contributed by atoms with van der Waals surface area (Å²) in [6.45, 7) is 3.55. The number of thioether (sulfide) groups is 1. The number of nitrogens with one attached hydrogen (secondary N) is 1. The number of thiazole rings is 1. The fraction of sp³-hybridized carbons (Fsp3) is 0.250. The van der Waals surface area contributed by atoms with Crippen LogP contribution in [0.4, 0.5) is 5.13 Å². The predicted octanol–water partition coefficient (Wildman–Crippen LogP) is 1.82. The molecule has 5 N–H and O–H groups in total. The number of hydrazine groups is 2. The van der Waals surface area contributed by atoms with E-state index >= 15 is 0 Å². The number of oxime groups is 1. The Kier molecular flexibility index (Phi) is 6.39. The smallest absolute Gasteiger partial charge is 0.321 e. The molecular weight excluding hydrogens is 436 g/mol. The summed E-state index contributed by atoms with van der Waals surface area (Å²) in [6.07, 6.45) is -0.243. The molecule has 2 aromatic rings. The Labute approximate surface area is 180 Å². The monoisotopic (exact) mass is 454 g/mol. The Balaban J connectivity index is 1.85. The Morgan fingerprint density at radius 3 is 2.83 bits per heavy atom. The van der Waals surface area contributed by atoms with Crippen molar-refractivity contribution in [1.82, 2.24) is 15.5 Å². The minimum absolute atomic E-state index is 0.0562. The number of carbonyl (C=O) groups excluding carboxylic acids is 1. The van der Waals surface area contributed by atoms with Gasteiger partial charge in [0, 0.05) is 9.43 Å². The molecule has 1 saturated heterocycles. The maximum atomic E-state index is 12.9. The molecule has 1 radical (unpaired) electrons. The lowest BCUT2D eigenvalue weighted by molar-refractivity contribution is -0.632. The van der Waals surface area contributed by atoms with Gasteiger partial charge in [-0.25, -0.2) is 10.4 Å². The Morgan fingerprint density at radius 1 is 1.45 bits per heavy atom. The van der Waals surface area contributed by atoms with Crippen molar-refractivity contribution >= 4 is 52.3 Å². The van der Waals surface area contributed by atoms with Crippen LogP contribution in [0.15, 0.2) is 28.7 Å². The van der Waals surface area contributed by atoms with Gasteiger partial charge in [0.25, 0.3) is 5.91 Å². The molecule has 1 aromatic heterocycles. The lowest BCUT2D eigenvalue weighted by Gasteiger charge is -2.19. The Morgan fingerprint density at radius 2 is 2.21 bits per heavy atom. The van der Waals surface area contributed by atoms with Crippen LogP contribution in [0.25, 0.3) is 0 Å². The predicted molar refractivity (Wildman–Crippen MR) is 111 cm³/mol. The number of aromatic hydroxyl groups is 2. The highest BCUT2D eigenvalue weighted by atomic mass is 32.2. The first-order valence-electron chi connectivity index (χ1n) is 8.28. The number of benzene rings is 1. The molecule has 1 aliphatic heterocycles. The molecule has 153 valence electrons. The first-order valence-corrected chi connectivity index (χ1v) is 10.5. The van der Waals surface area contributed by atoms with E-state index in [2.05, 4.69) is 15.6 Å². The minimum Gasteiger partial charge on any atom is -0.504 e. The van der Waals surface area contributed by atoms with E-state index in [4.69, 9.17) is 23.0 Å². The summed E-state index contributed by atoms with van der Waals surface area (Å²) in [5.74, 6) is 0.497. The van der Waals surface area contributed by atoms with E-state index in [1.54, 1.807) is 31.2 Å². The van der Waals surface area contributed by atoms with Crippen molar-refractivity contribution in [3.05, 3.63) is 40.7 Å². The van der Waals surface area contributed by atoms with Crippen LogP contribution in [0.3, 0.4) is 0 Å². The van der Waals surface area contributed by atoms with Crippen LogP contribution in [0.1, 0.15) is 30.5 Å². The second kappa shape index (κ2) is 8.80. The van der Waals surface area contributed by atoms with Crippen LogP contribution in [0, 0.1) is 5.88 Å². The van der Waals surface area contributed by atoms with E-state index in [0.29, 0.717) is 5.56 Å². The van der Waals surface area contributed by atoms with E-state index in [-0.39, 0.29) is 34.1 Å². The number of anilines is 1. The van der Waals surface area contributed by atoms with Crippen LogP contribution < -0.4 is 11.2 Å². The van der Waals surface area contributed by atoms with Gasteiger partial charge in [-0.05, 0) is 43.3 Å². The number of rotatable bonds is 6. The molecule has 1 atom stereocenters. The third-order valence-corrected chi connectivity index (χ3v) is 5.69. The van der Waals surface area contributed by atoms with Crippen LogP contribution in [-0.4, -0.2) is 42.1 Å². The summed E-state index contributed by atoms with van der Waals surface area (Å²) in [5.41, 5.74) is 9.18. The number of hydrogen-bond acceptors (Lipinski definition) is 10. The van der Waals surface area contributed by atoms with Crippen molar-refractivity contribution in [2.45, 2.75) is 25.3 Å². The van der Waals surface area contributed by atoms with Gasteiger partial charge in [0.2, 0.25) is 0 Å². The number of aromatic nitrogens is 1. The maximum absolute atomic E-state index is 12.9. The highest BCUT2D eigenvalue weighted by molar-refractivity contribution is 8.01. The normalized spacial score (nSPS) is 17.1. The lowest BCUT2D eigenvalue weighted by Crippen LogP contribution is -2.47. The fourth-order valence-corrected chi connectivity index (χ4v) is 4.05. The SMILES string of the molecule is CC(C)ON=C(C(=O)NN1C(c2ccc(O)c(O)c2)S[CH][N+]1=S)c1csc(N)n1. The number of phenolic OH excluding ortho intramolecular Hbond substituents is 2. The number of carbonyl (C=O) groups is 1. The molecule has 1 aromatic carbocycles. The first-order chi connectivity index (χ1) is 13.8. The Hall–Kier alpha value is -2.64. The molecule has 0 saturated carbocycles. The molecule has 29 heavy (non-hydrogen) atoms. The summed E-state index contributed by atoms with van der Waals surface area (Å²) in [4.78, 5) is 22.3. The van der Waals surface area contributed by atoms with Crippen molar-refractivity contribution in [1.29, 1.82) is 0 Å². The zero-order valence-electron chi connectivity index (χ0n) is 15.3. The lowest BCUT2D eigenvalue weighted by atomic mass is 10.2. The van der Waals surface area contributed by atoms with Gasteiger partial charge in [0.1, 0.15) is 11.8 Å². The molecule has 1 fully saturated rings. The van der Waals surface area contributed by atoms with Crippen molar-refractivity contribution in [3.8, 4) is 11.5 Å². The van der Waals surface area contributed by atoms with Gasteiger partial charge in [-0.1, -0.05) is 16.3 Å². The molecule has 13 heteroatoms. The third-order valence-electron chi connectivity index (χ3n) is 3.55. The number of nitrogens with zero attached hydrogens (tertiary/aromatic N) is 4. The highest BCUT2D eigenvalue weighted by Crippen LogP contribution is 2.41. The quantitative estimate of drug-likeness (QED) is 0.223. The number of nitrogen functional groups attached to an aromatic ring is 1. The van der Waals surface area contributed by atoms with Gasteiger partial charge in [0.15, 0.2) is 27.7 Å². The molecular formula is C16H18N6O4S3+. The van der Waals surface area contributed by atoms with Crippen molar-refractivity contribution in [2.75, 3.05) is 5.73 Å². The van der Waals surface area contributed by atoms with Gasteiger partial charge in [-0.15, -0.1) is 11.3 Å². The fourth-order valence-electron chi connectivity index (χ4n) is 2.26. The summed E-state index contributed by atoms with van der Waals surface area (Å²) in [6, 6.07) is 4.37. The van der Waals surface area contributed by atoms with E-state index in [9.17, 15) is 15.0 Å². The standard InChI is InChI=1S/C16H18N6O4S3/c1-8(2)26-20-13(10-6-28-16(17)18-10)14(25)19-22-15(29-7-21(22)27)9-3-4-11(23)12(24)5-9/h3-8,15,23-24H,1-2H3,(H2,17,18)(H,19,25)/q+1. The second-order valence-corrected chi connectivity index (χ2v) is 8.29. The first kappa shape index (κ1) is 21.1. The van der Waals surface area contributed by atoms with Crippen molar-refractivity contribution in [3.63, 3.8) is 0 Å². The molecule has 3 rings (SSSR count). The van der Waals surface area contributed by atoms with Crippen molar-refractivity contribution < 1.29 is 23.9 Å². The summed E-state index contributed by atoms with van der Waals surface area (Å²) in [5, 5.41) is 26.0. The van der Waals surface area contributed by atoms with Crippen molar-refractivity contribution in [2.24, 2.45) is 5.16 Å². The van der Waals surface area contributed by atoms with E-state index < -0.39 is 11.3 Å². The van der Waals surface area contributed by atoms with Crippen LogP contribution in [0.5, 0.6) is 11.5 Å². The minimum atomic E-state index is -0.602. The van der Waals surface area contributed by atoms with Crippen LogP contribution in [0.2, 0.25) is 0 Å². The average Bonchev–Trinajstić information content (AvgIpc) is 3.24. The third kappa shape index (κ3) is 4.86. The van der Waals surface area contributed by atoms with Crippen LogP contribution >= 0.6 is 23.1 Å². The number of hydrogen-bond donors (Lipinski definition) is 4. The topological polar surface area (TPSA) is 136 Å². The molecule has 1 aliphatic rings. The highest BCUT2D eigenvalue weighted by Gasteiger charge is 2.41. The molecule has 1 amide bonds. The Bertz CT molecular complexity index is 964. The molecule has 0 spiro atoms. The zero-order chi connectivity index (χ0) is 21.1. The summed E-state index contributed by atoms with van der Waals surface area (Å²) in [7, 11) is 0. The molecule has 0 bridgehead atoms. The number of phenols is 2. The van der Waals surface area contributed by atoms with E-state index in [1.165, 1.54) is 44.4 Å². The van der Waals surface area contributed by atoms with Gasteiger partial charge < -0.3 is 20.8 Å². The zero-order valence-corrected chi connectivity index (χ0v) is 17.8. The van der Waals surface area contributed by atoms with Gasteiger partial charge in [-0.3, -0.25) is 4.79 Å². The summed E-state index contributed by atoms with van der Waals surface area (Å²) >= 11 is 7.72. The molecule has 0 aliphatic carbocycles.